The molecule has 1 saturated heterocycles. The maximum absolute atomic E-state index is 5.56. The molecular weight excluding hydrogens is 164 g/mol. The van der Waals surface area contributed by atoms with E-state index in [0.29, 0.717) is 18.8 Å². The van der Waals surface area contributed by atoms with Gasteiger partial charge in [0.2, 0.25) is 0 Å². The molecule has 0 bridgehead atoms. The summed E-state index contributed by atoms with van der Waals surface area (Å²) in [5, 5.41) is 0. The minimum Gasteiger partial charge on any atom is -0.491 e. The topological polar surface area (TPSA) is 21.8 Å². The van der Waals surface area contributed by atoms with Crippen LogP contribution in [0.1, 0.15) is 12.5 Å². The predicted octanol–water partition coefficient (Wildman–Crippen LogP) is 2.16. The van der Waals surface area contributed by atoms with Crippen molar-refractivity contribution in [3.05, 3.63) is 29.8 Å². The maximum Gasteiger partial charge on any atom is 0.119 e. The van der Waals surface area contributed by atoms with E-state index >= 15 is 0 Å². The molecule has 1 aromatic carbocycles. The van der Waals surface area contributed by atoms with Crippen molar-refractivity contribution in [3.63, 3.8) is 0 Å². The summed E-state index contributed by atoms with van der Waals surface area (Å²) in [6, 6.07) is 8.07. The lowest BCUT2D eigenvalue weighted by Gasteiger charge is -2.04. The molecule has 0 N–H and O–H groups in total. The zero-order valence-corrected chi connectivity index (χ0v) is 7.99. The first-order valence-corrected chi connectivity index (χ1v) is 4.60. The Bertz CT molecular complexity index is 296. The Hall–Kier alpha value is -1.02. The van der Waals surface area contributed by atoms with Crippen molar-refractivity contribution in [1.29, 1.82) is 0 Å². The van der Waals surface area contributed by atoms with E-state index in [1.165, 1.54) is 5.56 Å². The molecule has 0 amide bonds. The van der Waals surface area contributed by atoms with E-state index in [0.717, 1.165) is 5.75 Å². The van der Waals surface area contributed by atoms with Gasteiger partial charge in [-0.3, -0.25) is 0 Å². The lowest BCUT2D eigenvalue weighted by atomic mass is 10.2. The average Bonchev–Trinajstić information content (AvgIpc) is 2.79. The zero-order valence-electron chi connectivity index (χ0n) is 7.99. The first-order chi connectivity index (χ1) is 6.25. The van der Waals surface area contributed by atoms with E-state index in [2.05, 4.69) is 19.9 Å². The number of rotatable bonds is 3. The number of aryl methyl sites for hydroxylation is 1. The highest BCUT2D eigenvalue weighted by atomic mass is 16.6. The largest absolute Gasteiger partial charge is 0.491 e. The molecule has 0 aromatic heterocycles. The molecule has 0 aliphatic carbocycles. The van der Waals surface area contributed by atoms with Crippen molar-refractivity contribution in [3.8, 4) is 5.75 Å². The van der Waals surface area contributed by atoms with Gasteiger partial charge in [0, 0.05) is 0 Å². The molecule has 1 heterocycles. The van der Waals surface area contributed by atoms with Crippen LogP contribution in [0.5, 0.6) is 5.75 Å². The van der Waals surface area contributed by atoms with Crippen LogP contribution in [-0.4, -0.2) is 18.8 Å². The van der Waals surface area contributed by atoms with Gasteiger partial charge in [-0.15, -0.1) is 0 Å². The molecule has 0 spiro atoms. The second-order valence-corrected chi connectivity index (χ2v) is 3.51. The molecule has 1 aliphatic heterocycles. The number of epoxide rings is 1. The van der Waals surface area contributed by atoms with E-state index in [4.69, 9.17) is 9.47 Å². The number of hydrogen-bond donors (Lipinski definition) is 0. The van der Waals surface area contributed by atoms with Crippen molar-refractivity contribution < 1.29 is 9.47 Å². The molecule has 2 nitrogen and oxygen atoms in total. The summed E-state index contributed by atoms with van der Waals surface area (Å²) in [5.74, 6) is 0.933. The van der Waals surface area contributed by atoms with Crippen LogP contribution in [0.15, 0.2) is 24.3 Å². The highest BCUT2D eigenvalue weighted by Gasteiger charge is 2.34. The van der Waals surface area contributed by atoms with Gasteiger partial charge in [-0.1, -0.05) is 12.1 Å². The lowest BCUT2D eigenvalue weighted by molar-refractivity contribution is 0.260. The predicted molar refractivity (Wildman–Crippen MR) is 51.0 cm³/mol. The summed E-state index contributed by atoms with van der Waals surface area (Å²) in [6.07, 6.45) is 0.685. The molecule has 0 saturated carbocycles. The highest BCUT2D eigenvalue weighted by molar-refractivity contribution is 5.27. The fourth-order valence-corrected chi connectivity index (χ4v) is 1.29. The standard InChI is InChI=1S/C11H14O2/c1-8-4-3-5-10(6-8)12-7-11-9(2)13-11/h3-6,9,11H,7H2,1-2H3/t9-,11+/m0/s1. The van der Waals surface area contributed by atoms with Crippen LogP contribution in [-0.2, 0) is 4.74 Å². The molecule has 0 radical (unpaired) electrons. The Balaban J connectivity index is 1.87. The molecule has 13 heavy (non-hydrogen) atoms. The summed E-state index contributed by atoms with van der Waals surface area (Å²) in [5.41, 5.74) is 1.22. The Morgan fingerprint density at radius 2 is 2.23 bits per heavy atom. The molecule has 1 fully saturated rings. The third-order valence-corrected chi connectivity index (χ3v) is 2.24. The van der Waals surface area contributed by atoms with Gasteiger partial charge in [-0.2, -0.15) is 0 Å². The maximum atomic E-state index is 5.56. The fraction of sp³-hybridized carbons (Fsp3) is 0.455. The van der Waals surface area contributed by atoms with Crippen molar-refractivity contribution in [2.45, 2.75) is 26.1 Å². The molecule has 1 aliphatic rings. The van der Waals surface area contributed by atoms with Crippen LogP contribution < -0.4 is 4.74 Å². The van der Waals surface area contributed by atoms with Crippen molar-refractivity contribution in [2.24, 2.45) is 0 Å². The molecular formula is C11H14O2. The van der Waals surface area contributed by atoms with E-state index in [1.54, 1.807) is 0 Å². The molecule has 70 valence electrons. The van der Waals surface area contributed by atoms with Crippen LogP contribution >= 0.6 is 0 Å². The third-order valence-electron chi connectivity index (χ3n) is 2.24. The second-order valence-electron chi connectivity index (χ2n) is 3.51. The van der Waals surface area contributed by atoms with Crippen LogP contribution in [0.4, 0.5) is 0 Å². The normalized spacial score (nSPS) is 25.7. The quantitative estimate of drug-likeness (QED) is 0.661. The molecule has 1 aromatic rings. The zero-order chi connectivity index (χ0) is 9.26. The van der Waals surface area contributed by atoms with Crippen LogP contribution in [0.25, 0.3) is 0 Å². The van der Waals surface area contributed by atoms with Gasteiger partial charge in [0.1, 0.15) is 18.5 Å². The second kappa shape index (κ2) is 3.38. The molecule has 2 atom stereocenters. The van der Waals surface area contributed by atoms with Crippen LogP contribution in [0.2, 0.25) is 0 Å². The monoisotopic (exact) mass is 178 g/mol. The lowest BCUT2D eigenvalue weighted by Crippen LogP contribution is -2.06. The van der Waals surface area contributed by atoms with E-state index in [1.807, 2.05) is 18.2 Å². The van der Waals surface area contributed by atoms with Crippen LogP contribution in [0, 0.1) is 6.92 Å². The SMILES string of the molecule is Cc1cccc(OC[C@H]2O[C@H]2C)c1. The summed E-state index contributed by atoms with van der Waals surface area (Å²) in [7, 11) is 0. The first kappa shape index (κ1) is 8.57. The van der Waals surface area contributed by atoms with Gasteiger partial charge in [0.25, 0.3) is 0 Å². The van der Waals surface area contributed by atoms with E-state index in [-0.39, 0.29) is 0 Å². The average molecular weight is 178 g/mol. The smallest absolute Gasteiger partial charge is 0.119 e. The Morgan fingerprint density at radius 3 is 2.85 bits per heavy atom. The summed E-state index contributed by atoms with van der Waals surface area (Å²) < 4.78 is 10.8. The first-order valence-electron chi connectivity index (χ1n) is 4.60. The number of hydrogen-bond acceptors (Lipinski definition) is 2. The Labute approximate surface area is 78.5 Å². The Morgan fingerprint density at radius 1 is 1.46 bits per heavy atom. The molecule has 2 heteroatoms. The number of ether oxygens (including phenoxy) is 2. The van der Waals surface area contributed by atoms with Gasteiger partial charge in [0.15, 0.2) is 0 Å². The van der Waals surface area contributed by atoms with Gasteiger partial charge in [-0.25, -0.2) is 0 Å². The van der Waals surface area contributed by atoms with E-state index < -0.39 is 0 Å². The molecule has 2 rings (SSSR count). The minimum atomic E-state index is 0.306. The van der Waals surface area contributed by atoms with Gasteiger partial charge in [-0.05, 0) is 31.5 Å². The van der Waals surface area contributed by atoms with Gasteiger partial charge >= 0.3 is 0 Å². The third kappa shape index (κ3) is 2.22. The van der Waals surface area contributed by atoms with Crippen LogP contribution in [0.3, 0.4) is 0 Å². The van der Waals surface area contributed by atoms with E-state index in [9.17, 15) is 0 Å². The van der Waals surface area contributed by atoms with Crippen molar-refractivity contribution >= 4 is 0 Å². The Kier molecular flexibility index (Phi) is 2.23. The molecule has 0 unspecified atom stereocenters. The van der Waals surface area contributed by atoms with Crippen molar-refractivity contribution in [1.82, 2.24) is 0 Å². The number of benzene rings is 1. The van der Waals surface area contributed by atoms with Gasteiger partial charge in [0.05, 0.1) is 6.10 Å². The fourth-order valence-electron chi connectivity index (χ4n) is 1.29. The highest BCUT2D eigenvalue weighted by Crippen LogP contribution is 2.22. The minimum absolute atomic E-state index is 0.306. The van der Waals surface area contributed by atoms with Gasteiger partial charge < -0.3 is 9.47 Å². The summed E-state index contributed by atoms with van der Waals surface area (Å²) >= 11 is 0. The summed E-state index contributed by atoms with van der Waals surface area (Å²) in [4.78, 5) is 0. The summed E-state index contributed by atoms with van der Waals surface area (Å²) in [6.45, 7) is 4.79. The van der Waals surface area contributed by atoms with Crippen molar-refractivity contribution in [2.75, 3.05) is 6.61 Å².